The van der Waals surface area contributed by atoms with E-state index in [1.165, 1.54) is 12.3 Å². The van der Waals surface area contributed by atoms with Gasteiger partial charge in [0.05, 0.1) is 12.0 Å². The van der Waals surface area contributed by atoms with Crippen LogP contribution in [-0.2, 0) is 4.74 Å². The molecule has 0 saturated carbocycles. The predicted octanol–water partition coefficient (Wildman–Crippen LogP) is 2.44. The van der Waals surface area contributed by atoms with Crippen LogP contribution < -0.4 is 10.9 Å². The predicted molar refractivity (Wildman–Crippen MR) is 79.9 cm³/mol. The fourth-order valence-corrected chi connectivity index (χ4v) is 2.17. The number of alkyl halides is 3. The number of fused-ring (bicyclic) bond motifs is 1. The maximum Gasteiger partial charge on any atom is 0.407 e. The zero-order valence-corrected chi connectivity index (χ0v) is 13.4. The van der Waals surface area contributed by atoms with Crippen molar-refractivity contribution in [2.75, 3.05) is 18.6 Å². The molecule has 0 aliphatic carbocycles. The number of aromatic nitrogens is 2. The third kappa shape index (κ3) is 4.01. The molecule has 0 aromatic carbocycles. The number of pyridine rings is 2. The summed E-state index contributed by atoms with van der Waals surface area (Å²) in [7, 11) is 0. The highest BCUT2D eigenvalue weighted by Crippen LogP contribution is 2.17. The summed E-state index contributed by atoms with van der Waals surface area (Å²) in [5.41, 5.74) is 0.997. The second-order valence-corrected chi connectivity index (χ2v) is 5.35. The van der Waals surface area contributed by atoms with Crippen molar-refractivity contribution in [3.63, 3.8) is 0 Å². The molecule has 2 heterocycles. The lowest BCUT2D eigenvalue weighted by Crippen LogP contribution is -2.31. The molecule has 0 radical (unpaired) electrons. The number of carbonyl (C=O) groups is 1. The monoisotopic (exact) mass is 393 g/mol. The highest BCUT2D eigenvalue weighted by Gasteiger charge is 2.27. The number of halogens is 4. The summed E-state index contributed by atoms with van der Waals surface area (Å²) in [4.78, 5) is 28.1. The van der Waals surface area contributed by atoms with E-state index in [9.17, 15) is 22.8 Å². The second-order valence-electron chi connectivity index (χ2n) is 4.44. The summed E-state index contributed by atoms with van der Waals surface area (Å²) in [6.45, 7) is 0.228. The minimum absolute atomic E-state index is 0.0143. The number of hydrogen-bond acceptors (Lipinski definition) is 5. The summed E-state index contributed by atoms with van der Waals surface area (Å²) >= 11 is 3.13. The molecule has 0 spiro atoms. The number of hydrogen-bond donors (Lipinski definition) is 1. The van der Waals surface area contributed by atoms with Crippen molar-refractivity contribution in [3.8, 4) is 0 Å². The molecule has 0 aliphatic heterocycles. The van der Waals surface area contributed by atoms with E-state index in [1.54, 1.807) is 6.92 Å². The van der Waals surface area contributed by atoms with Crippen LogP contribution in [-0.4, -0.2) is 35.0 Å². The van der Waals surface area contributed by atoms with E-state index >= 15 is 0 Å². The number of ether oxygens (including phenoxy) is 1. The average molecular weight is 394 g/mol. The molecule has 0 atom stereocenters. The van der Waals surface area contributed by atoms with Crippen LogP contribution in [0.4, 0.5) is 13.2 Å². The lowest BCUT2D eigenvalue weighted by Gasteiger charge is -2.15. The summed E-state index contributed by atoms with van der Waals surface area (Å²) in [5.74, 6) is -0.915. The van der Waals surface area contributed by atoms with Crippen LogP contribution in [0.15, 0.2) is 27.7 Å². The van der Waals surface area contributed by atoms with Gasteiger partial charge < -0.3 is 10.2 Å². The van der Waals surface area contributed by atoms with Gasteiger partial charge in [-0.15, -0.1) is 0 Å². The minimum atomic E-state index is -4.48. The molecule has 10 heteroatoms. The first-order valence-electron chi connectivity index (χ1n) is 6.41. The Morgan fingerprint density at radius 3 is 2.78 bits per heavy atom. The molecule has 0 unspecified atom stereocenters. The fourth-order valence-electron chi connectivity index (χ4n) is 1.83. The third-order valence-corrected chi connectivity index (χ3v) is 3.19. The fraction of sp³-hybridized carbons (Fsp3) is 0.308. The van der Waals surface area contributed by atoms with Crippen molar-refractivity contribution >= 4 is 32.9 Å². The van der Waals surface area contributed by atoms with E-state index in [1.807, 2.05) is 0 Å². The maximum absolute atomic E-state index is 12.4. The highest BCUT2D eigenvalue weighted by molar-refractivity contribution is 9.10. The number of nitrogens with one attached hydrogen (secondary N) is 1. The van der Waals surface area contributed by atoms with Gasteiger partial charge in [-0.2, -0.15) is 13.2 Å². The van der Waals surface area contributed by atoms with Crippen LogP contribution in [0, 0.1) is 0 Å². The van der Waals surface area contributed by atoms with Crippen molar-refractivity contribution in [3.05, 3.63) is 38.7 Å². The van der Waals surface area contributed by atoms with Gasteiger partial charge in [-0.05, 0) is 28.9 Å². The first-order valence-corrected chi connectivity index (χ1v) is 7.21. The first-order chi connectivity index (χ1) is 10.7. The minimum Gasteiger partial charge on any atom is -0.462 e. The molecule has 124 valence electrons. The van der Waals surface area contributed by atoms with Gasteiger partial charge in [0, 0.05) is 16.9 Å². The van der Waals surface area contributed by atoms with E-state index in [2.05, 4.69) is 26.3 Å². The average Bonchev–Trinajstić information content (AvgIpc) is 2.46. The molecule has 23 heavy (non-hydrogen) atoms. The highest BCUT2D eigenvalue weighted by atomic mass is 79.9. The molecule has 0 bridgehead atoms. The SMILES string of the molecule is CCOC(=O)c1cn(NCC(F)(F)F)c2ncc(Br)cc2c1=O. The molecule has 0 amide bonds. The number of esters is 1. The number of nitrogens with zero attached hydrogens (tertiary/aromatic N) is 2. The summed E-state index contributed by atoms with van der Waals surface area (Å²) in [5, 5.41) is -0.0143. The molecule has 0 fully saturated rings. The Morgan fingerprint density at radius 2 is 2.17 bits per heavy atom. The van der Waals surface area contributed by atoms with E-state index in [0.717, 1.165) is 10.9 Å². The topological polar surface area (TPSA) is 73.2 Å². The Morgan fingerprint density at radius 1 is 1.48 bits per heavy atom. The molecule has 6 nitrogen and oxygen atoms in total. The normalized spacial score (nSPS) is 11.5. The molecule has 1 N–H and O–H groups in total. The van der Waals surface area contributed by atoms with Gasteiger partial charge in [0.2, 0.25) is 5.43 Å². The molecule has 0 saturated heterocycles. The summed E-state index contributed by atoms with van der Waals surface area (Å²) in [6, 6.07) is 1.37. The largest absolute Gasteiger partial charge is 0.462 e. The van der Waals surface area contributed by atoms with Crippen LogP contribution in [0.5, 0.6) is 0 Å². The molecular weight excluding hydrogens is 383 g/mol. The van der Waals surface area contributed by atoms with Gasteiger partial charge in [0.25, 0.3) is 0 Å². The van der Waals surface area contributed by atoms with Crippen LogP contribution >= 0.6 is 15.9 Å². The quantitative estimate of drug-likeness (QED) is 0.807. The summed E-state index contributed by atoms with van der Waals surface area (Å²) in [6.07, 6.45) is -2.19. The molecule has 2 aromatic heterocycles. The lowest BCUT2D eigenvalue weighted by molar-refractivity contribution is -0.116. The summed E-state index contributed by atoms with van der Waals surface area (Å²) < 4.78 is 43.3. The Bertz CT molecular complexity index is 805. The third-order valence-electron chi connectivity index (χ3n) is 2.75. The Kier molecular flexibility index (Phi) is 4.93. The van der Waals surface area contributed by atoms with Gasteiger partial charge >= 0.3 is 12.1 Å². The van der Waals surface area contributed by atoms with Gasteiger partial charge in [-0.3, -0.25) is 4.79 Å². The van der Waals surface area contributed by atoms with Crippen molar-refractivity contribution in [2.45, 2.75) is 13.1 Å². The van der Waals surface area contributed by atoms with E-state index in [-0.39, 0.29) is 23.2 Å². The molecular formula is C13H11BrF3N3O3. The zero-order valence-electron chi connectivity index (χ0n) is 11.8. The van der Waals surface area contributed by atoms with Crippen molar-refractivity contribution in [1.29, 1.82) is 0 Å². The lowest BCUT2D eigenvalue weighted by atomic mass is 10.2. The van der Waals surface area contributed by atoms with Gasteiger partial charge in [0.1, 0.15) is 12.1 Å². The van der Waals surface area contributed by atoms with Crippen LogP contribution in [0.1, 0.15) is 17.3 Å². The van der Waals surface area contributed by atoms with Gasteiger partial charge in [-0.25, -0.2) is 14.5 Å². The maximum atomic E-state index is 12.4. The van der Waals surface area contributed by atoms with Crippen LogP contribution in [0.3, 0.4) is 0 Å². The van der Waals surface area contributed by atoms with E-state index in [4.69, 9.17) is 4.74 Å². The van der Waals surface area contributed by atoms with Gasteiger partial charge in [-0.1, -0.05) is 0 Å². The Hall–Kier alpha value is -2.10. The van der Waals surface area contributed by atoms with Crippen LogP contribution in [0.2, 0.25) is 0 Å². The smallest absolute Gasteiger partial charge is 0.407 e. The molecule has 0 aliphatic rings. The van der Waals surface area contributed by atoms with Crippen LogP contribution in [0.25, 0.3) is 11.0 Å². The molecule has 2 rings (SSSR count). The standard InChI is InChI=1S/C13H11BrF3N3O3/c1-2-23-12(22)9-5-20(19-6-13(15,16)17)11-8(10(9)21)3-7(14)4-18-11/h3-5,19H,2,6H2,1H3. The van der Waals surface area contributed by atoms with Gasteiger partial charge in [0.15, 0.2) is 5.65 Å². The van der Waals surface area contributed by atoms with Crippen molar-refractivity contribution in [1.82, 2.24) is 9.66 Å². The molecule has 2 aromatic rings. The van der Waals surface area contributed by atoms with E-state index in [0.29, 0.717) is 4.47 Å². The number of carbonyl (C=O) groups excluding carboxylic acids is 1. The first kappa shape index (κ1) is 17.3. The second kappa shape index (κ2) is 6.57. The van der Waals surface area contributed by atoms with Crippen molar-refractivity contribution < 1.29 is 22.7 Å². The van der Waals surface area contributed by atoms with E-state index < -0.39 is 24.1 Å². The number of rotatable bonds is 4. The van der Waals surface area contributed by atoms with Crippen molar-refractivity contribution in [2.24, 2.45) is 0 Å². The Labute approximate surface area is 136 Å². The zero-order chi connectivity index (χ0) is 17.2. The Balaban J connectivity index is 2.62.